The molecule has 138 valence electrons. The molecule has 3 N–H and O–H groups in total. The highest BCUT2D eigenvalue weighted by Gasteiger charge is 2.35. The normalized spacial score (nSPS) is 16.0. The van der Waals surface area contributed by atoms with E-state index in [2.05, 4.69) is 10.2 Å². The van der Waals surface area contributed by atoms with E-state index < -0.39 is 0 Å². The van der Waals surface area contributed by atoms with Crippen LogP contribution in [0.15, 0.2) is 30.3 Å². The highest BCUT2D eigenvalue weighted by Crippen LogP contribution is 2.41. The van der Waals surface area contributed by atoms with Crippen LogP contribution in [0.3, 0.4) is 0 Å². The lowest BCUT2D eigenvalue weighted by Crippen LogP contribution is -2.32. The number of nitrogens with zero attached hydrogens (tertiary/aromatic N) is 1. The Balaban J connectivity index is 1.96. The van der Waals surface area contributed by atoms with Crippen molar-refractivity contribution in [1.29, 1.82) is 0 Å². The summed E-state index contributed by atoms with van der Waals surface area (Å²) in [6.07, 6.45) is 3.24. The Hall–Kier alpha value is -3.15. The van der Waals surface area contributed by atoms with Gasteiger partial charge in [0.25, 0.3) is 0 Å². The van der Waals surface area contributed by atoms with Crippen LogP contribution in [-0.2, 0) is 4.79 Å². The molecule has 0 unspecified atom stereocenters. The molecule has 6 nitrogen and oxygen atoms in total. The number of nitrogens with one attached hydrogen (secondary N) is 1. The molecular weight excluding hydrogens is 342 g/mol. The van der Waals surface area contributed by atoms with Gasteiger partial charge in [-0.3, -0.25) is 14.4 Å². The Bertz CT molecular complexity index is 975. The monoisotopic (exact) mass is 363 g/mol. The molecule has 1 saturated heterocycles. The molecule has 0 atom stereocenters. The number of carbonyl (C=O) groups excluding carboxylic acids is 3. The van der Waals surface area contributed by atoms with E-state index in [1.807, 2.05) is 0 Å². The van der Waals surface area contributed by atoms with Gasteiger partial charge < -0.3 is 16.0 Å². The molecular formula is C21H21N3O3. The number of rotatable bonds is 2. The first kappa shape index (κ1) is 17.3. The minimum atomic E-state index is -0.300. The molecule has 0 radical (unpaired) electrons. The standard InChI is InChI=1S/C21H21N3O3/c1-12(25)23-15-11-16(24-9-5-2-6-10-24)19(22)18-17(15)20(26)13-7-3-4-8-14(13)21(18)27/h3-4,7-8,11H,2,5-6,9-10,22H2,1H3,(H,23,25). The Labute approximate surface area is 157 Å². The average molecular weight is 363 g/mol. The van der Waals surface area contributed by atoms with Gasteiger partial charge in [-0.05, 0) is 25.3 Å². The first-order valence-electron chi connectivity index (χ1n) is 9.16. The lowest BCUT2D eigenvalue weighted by atomic mass is 9.81. The Morgan fingerprint density at radius 2 is 1.59 bits per heavy atom. The maximum Gasteiger partial charge on any atom is 0.221 e. The number of fused-ring (bicyclic) bond motifs is 2. The number of piperidine rings is 1. The smallest absolute Gasteiger partial charge is 0.221 e. The van der Waals surface area contributed by atoms with Crippen molar-refractivity contribution in [2.24, 2.45) is 0 Å². The van der Waals surface area contributed by atoms with E-state index in [0.29, 0.717) is 28.2 Å². The van der Waals surface area contributed by atoms with Crippen LogP contribution in [0.25, 0.3) is 0 Å². The van der Waals surface area contributed by atoms with Gasteiger partial charge in [-0.1, -0.05) is 24.3 Å². The lowest BCUT2D eigenvalue weighted by molar-refractivity contribution is -0.114. The number of anilines is 3. The molecule has 2 aliphatic rings. The van der Waals surface area contributed by atoms with Gasteiger partial charge in [0.05, 0.1) is 28.2 Å². The van der Waals surface area contributed by atoms with Gasteiger partial charge in [0.15, 0.2) is 11.6 Å². The van der Waals surface area contributed by atoms with Gasteiger partial charge in [0.1, 0.15) is 0 Å². The number of amides is 1. The maximum atomic E-state index is 13.2. The third-order valence-electron chi connectivity index (χ3n) is 5.22. The van der Waals surface area contributed by atoms with E-state index in [1.165, 1.54) is 6.92 Å². The largest absolute Gasteiger partial charge is 0.396 e. The summed E-state index contributed by atoms with van der Waals surface area (Å²) in [5.74, 6) is -0.866. The van der Waals surface area contributed by atoms with E-state index in [4.69, 9.17) is 5.73 Å². The first-order chi connectivity index (χ1) is 13.0. The van der Waals surface area contributed by atoms with E-state index in [9.17, 15) is 14.4 Å². The molecule has 1 fully saturated rings. The molecule has 1 aliphatic heterocycles. The summed E-state index contributed by atoms with van der Waals surface area (Å²) in [6.45, 7) is 3.05. The van der Waals surface area contributed by atoms with Gasteiger partial charge in [-0.25, -0.2) is 0 Å². The summed E-state index contributed by atoms with van der Waals surface area (Å²) >= 11 is 0. The van der Waals surface area contributed by atoms with Crippen molar-refractivity contribution >= 4 is 34.5 Å². The number of ketones is 2. The molecule has 27 heavy (non-hydrogen) atoms. The second-order valence-electron chi connectivity index (χ2n) is 7.04. The summed E-state index contributed by atoms with van der Waals surface area (Å²) in [6, 6.07) is 8.46. The minimum absolute atomic E-state index is 0.187. The fourth-order valence-electron chi connectivity index (χ4n) is 3.99. The number of hydrogen-bond acceptors (Lipinski definition) is 5. The zero-order valence-electron chi connectivity index (χ0n) is 15.2. The fourth-order valence-corrected chi connectivity index (χ4v) is 3.99. The van der Waals surface area contributed by atoms with E-state index >= 15 is 0 Å². The van der Waals surface area contributed by atoms with E-state index in [-0.39, 0.29) is 28.6 Å². The van der Waals surface area contributed by atoms with Gasteiger partial charge in [0.2, 0.25) is 5.91 Å². The molecule has 1 aliphatic carbocycles. The number of carbonyl (C=O) groups is 3. The maximum absolute atomic E-state index is 13.2. The zero-order valence-corrected chi connectivity index (χ0v) is 15.2. The van der Waals surface area contributed by atoms with Gasteiger partial charge >= 0.3 is 0 Å². The summed E-state index contributed by atoms with van der Waals surface area (Å²) in [7, 11) is 0. The molecule has 2 aromatic carbocycles. The molecule has 4 rings (SSSR count). The second-order valence-corrected chi connectivity index (χ2v) is 7.04. The number of nitrogens with two attached hydrogens (primary N) is 1. The molecule has 0 bridgehead atoms. The van der Waals surface area contributed by atoms with Crippen molar-refractivity contribution in [3.05, 3.63) is 52.6 Å². The topological polar surface area (TPSA) is 92.5 Å². The van der Waals surface area contributed by atoms with Crippen molar-refractivity contribution in [2.45, 2.75) is 26.2 Å². The van der Waals surface area contributed by atoms with Gasteiger partial charge in [0, 0.05) is 31.1 Å². The van der Waals surface area contributed by atoms with Crippen molar-refractivity contribution in [3.63, 3.8) is 0 Å². The highest BCUT2D eigenvalue weighted by molar-refractivity contribution is 6.33. The molecule has 0 aromatic heterocycles. The second kappa shape index (κ2) is 6.54. The summed E-state index contributed by atoms with van der Waals surface area (Å²) in [4.78, 5) is 40.2. The third kappa shape index (κ3) is 2.77. The molecule has 0 spiro atoms. The van der Waals surface area contributed by atoms with Crippen LogP contribution in [0.2, 0.25) is 0 Å². The van der Waals surface area contributed by atoms with Gasteiger partial charge in [-0.15, -0.1) is 0 Å². The quantitative estimate of drug-likeness (QED) is 0.683. The summed E-state index contributed by atoms with van der Waals surface area (Å²) in [5, 5.41) is 2.73. The first-order valence-corrected chi connectivity index (χ1v) is 9.16. The van der Waals surface area contributed by atoms with Crippen LogP contribution in [0.1, 0.15) is 58.0 Å². The number of benzene rings is 2. The number of nitrogen functional groups attached to an aromatic ring is 1. The van der Waals surface area contributed by atoms with Crippen LogP contribution in [0.5, 0.6) is 0 Å². The van der Waals surface area contributed by atoms with Gasteiger partial charge in [-0.2, -0.15) is 0 Å². The molecule has 0 saturated carbocycles. The van der Waals surface area contributed by atoms with Crippen LogP contribution < -0.4 is 16.0 Å². The van der Waals surface area contributed by atoms with Crippen LogP contribution in [-0.4, -0.2) is 30.6 Å². The molecule has 6 heteroatoms. The van der Waals surface area contributed by atoms with Crippen LogP contribution in [0.4, 0.5) is 17.1 Å². The van der Waals surface area contributed by atoms with Crippen LogP contribution >= 0.6 is 0 Å². The highest BCUT2D eigenvalue weighted by atomic mass is 16.2. The van der Waals surface area contributed by atoms with Crippen LogP contribution in [0, 0.1) is 0 Å². The Kier molecular flexibility index (Phi) is 4.18. The lowest BCUT2D eigenvalue weighted by Gasteiger charge is -2.32. The Morgan fingerprint density at radius 1 is 1.00 bits per heavy atom. The molecule has 1 heterocycles. The summed E-state index contributed by atoms with van der Waals surface area (Å²) < 4.78 is 0. The van der Waals surface area contributed by atoms with Crippen molar-refractivity contribution in [2.75, 3.05) is 29.0 Å². The third-order valence-corrected chi connectivity index (χ3v) is 5.22. The molecule has 2 aromatic rings. The van der Waals surface area contributed by atoms with Crippen molar-refractivity contribution in [3.8, 4) is 0 Å². The zero-order chi connectivity index (χ0) is 19.1. The van der Waals surface area contributed by atoms with Crippen molar-refractivity contribution in [1.82, 2.24) is 0 Å². The Morgan fingerprint density at radius 3 is 2.19 bits per heavy atom. The fraction of sp³-hybridized carbons (Fsp3) is 0.286. The predicted molar refractivity (Wildman–Crippen MR) is 105 cm³/mol. The number of hydrogen-bond donors (Lipinski definition) is 2. The van der Waals surface area contributed by atoms with Crippen molar-refractivity contribution < 1.29 is 14.4 Å². The average Bonchev–Trinajstić information content (AvgIpc) is 2.67. The SMILES string of the molecule is CC(=O)Nc1cc(N2CCCCC2)c(N)c2c1C(=O)c1ccccc1C2=O. The predicted octanol–water partition coefficient (Wildman–Crippen LogP) is 2.99. The molecule has 1 amide bonds. The van der Waals surface area contributed by atoms with E-state index in [1.54, 1.807) is 30.3 Å². The van der Waals surface area contributed by atoms with E-state index in [0.717, 1.165) is 32.4 Å². The minimum Gasteiger partial charge on any atom is -0.396 e. The summed E-state index contributed by atoms with van der Waals surface area (Å²) in [5.41, 5.74) is 8.86.